The van der Waals surface area contributed by atoms with Gasteiger partial charge < -0.3 is 9.84 Å². The van der Waals surface area contributed by atoms with E-state index in [-0.39, 0.29) is 0 Å². The molecule has 0 aliphatic rings. The molecule has 1 atom stereocenters. The van der Waals surface area contributed by atoms with Crippen LogP contribution in [-0.2, 0) is 13.5 Å². The molecule has 1 unspecified atom stereocenters. The second-order valence-corrected chi connectivity index (χ2v) is 4.59. The predicted octanol–water partition coefficient (Wildman–Crippen LogP) is 2.40. The van der Waals surface area contributed by atoms with Gasteiger partial charge in [-0.2, -0.15) is 5.10 Å². The lowest BCUT2D eigenvalue weighted by atomic mass is 10.0. The van der Waals surface area contributed by atoms with Gasteiger partial charge in [-0.15, -0.1) is 0 Å². The molecule has 4 nitrogen and oxygen atoms in total. The van der Waals surface area contributed by atoms with Gasteiger partial charge >= 0.3 is 0 Å². The summed E-state index contributed by atoms with van der Waals surface area (Å²) in [6, 6.07) is 9.60. The molecule has 102 valence electrons. The number of aryl methyl sites for hydroxylation is 2. The Bertz CT molecular complexity index is 549. The Hall–Kier alpha value is -1.81. The van der Waals surface area contributed by atoms with Crippen LogP contribution in [0.4, 0.5) is 0 Å². The summed E-state index contributed by atoms with van der Waals surface area (Å²) in [4.78, 5) is 0. The lowest BCUT2D eigenvalue weighted by molar-refractivity contribution is 0.170. The van der Waals surface area contributed by atoms with Gasteiger partial charge in [0.2, 0.25) is 0 Å². The molecule has 0 fully saturated rings. The van der Waals surface area contributed by atoms with Crippen molar-refractivity contribution < 1.29 is 9.84 Å². The molecule has 2 aromatic rings. The van der Waals surface area contributed by atoms with Crippen LogP contribution >= 0.6 is 0 Å². The van der Waals surface area contributed by atoms with Crippen molar-refractivity contribution in [3.05, 3.63) is 47.3 Å². The zero-order valence-electron chi connectivity index (χ0n) is 11.6. The van der Waals surface area contributed by atoms with Crippen LogP contribution in [0.3, 0.4) is 0 Å². The van der Waals surface area contributed by atoms with E-state index in [0.717, 1.165) is 22.7 Å². The maximum Gasteiger partial charge on any atom is 0.125 e. The molecule has 0 bridgehead atoms. The Morgan fingerprint density at radius 2 is 2.11 bits per heavy atom. The molecule has 19 heavy (non-hydrogen) atoms. The number of aliphatic hydroxyl groups excluding tert-OH is 1. The lowest BCUT2D eigenvalue weighted by Crippen LogP contribution is -2.08. The number of ether oxygens (including phenoxy) is 1. The molecule has 1 heterocycles. The van der Waals surface area contributed by atoms with Crippen molar-refractivity contribution in [2.24, 2.45) is 7.05 Å². The summed E-state index contributed by atoms with van der Waals surface area (Å²) in [5.41, 5.74) is 2.79. The molecule has 0 spiro atoms. The highest BCUT2D eigenvalue weighted by Crippen LogP contribution is 2.27. The number of nitrogens with zero attached hydrogens (tertiary/aromatic N) is 2. The second kappa shape index (κ2) is 5.89. The highest BCUT2D eigenvalue weighted by atomic mass is 16.5. The van der Waals surface area contributed by atoms with E-state index in [4.69, 9.17) is 4.74 Å². The van der Waals surface area contributed by atoms with Crippen LogP contribution in [0.5, 0.6) is 5.75 Å². The molecule has 0 saturated heterocycles. The minimum absolute atomic E-state index is 0.529. The van der Waals surface area contributed by atoms with Crippen molar-refractivity contribution >= 4 is 0 Å². The molecular weight excluding hydrogens is 240 g/mol. The number of hydrogen-bond donors (Lipinski definition) is 1. The third-order valence-corrected chi connectivity index (χ3v) is 3.08. The highest BCUT2D eigenvalue weighted by molar-refractivity contribution is 5.35. The topological polar surface area (TPSA) is 47.3 Å². The average molecular weight is 260 g/mol. The minimum Gasteiger partial charge on any atom is -0.493 e. The molecule has 0 amide bonds. The fourth-order valence-electron chi connectivity index (χ4n) is 2.21. The third-order valence-electron chi connectivity index (χ3n) is 3.08. The first kappa shape index (κ1) is 13.6. The van der Waals surface area contributed by atoms with Gasteiger partial charge in [0.15, 0.2) is 0 Å². The van der Waals surface area contributed by atoms with Gasteiger partial charge in [0.05, 0.1) is 18.4 Å². The quantitative estimate of drug-likeness (QED) is 0.898. The summed E-state index contributed by atoms with van der Waals surface area (Å²) < 4.78 is 7.36. The maximum atomic E-state index is 10.4. The molecular formula is C15H20N2O2. The SMILES string of the molecule is CCOc1ccccc1C(O)Cc1cc(C)nn1C. The summed E-state index contributed by atoms with van der Waals surface area (Å²) in [5, 5.41) is 14.7. The van der Waals surface area contributed by atoms with Crippen LogP contribution in [0.15, 0.2) is 30.3 Å². The van der Waals surface area contributed by atoms with Crippen LogP contribution in [0.25, 0.3) is 0 Å². The van der Waals surface area contributed by atoms with E-state index in [2.05, 4.69) is 5.10 Å². The lowest BCUT2D eigenvalue weighted by Gasteiger charge is -2.15. The van der Waals surface area contributed by atoms with E-state index in [9.17, 15) is 5.11 Å². The monoisotopic (exact) mass is 260 g/mol. The van der Waals surface area contributed by atoms with Crippen LogP contribution < -0.4 is 4.74 Å². The largest absolute Gasteiger partial charge is 0.493 e. The molecule has 0 aliphatic heterocycles. The van der Waals surface area contributed by atoms with Crippen molar-refractivity contribution in [2.45, 2.75) is 26.4 Å². The molecule has 0 radical (unpaired) electrons. The summed E-state index contributed by atoms with van der Waals surface area (Å²) in [6.07, 6.45) is -0.0564. The Morgan fingerprint density at radius 1 is 1.37 bits per heavy atom. The Labute approximate surface area is 113 Å². The molecule has 1 aromatic heterocycles. The number of aliphatic hydroxyl groups is 1. The first-order valence-electron chi connectivity index (χ1n) is 6.51. The maximum absolute atomic E-state index is 10.4. The van der Waals surface area contributed by atoms with Crippen molar-refractivity contribution in [3.63, 3.8) is 0 Å². The second-order valence-electron chi connectivity index (χ2n) is 4.59. The van der Waals surface area contributed by atoms with Crippen LogP contribution in [0.2, 0.25) is 0 Å². The standard InChI is InChI=1S/C15H20N2O2/c1-4-19-15-8-6-5-7-13(15)14(18)10-12-9-11(2)16-17(12)3/h5-9,14,18H,4,10H2,1-3H3. The number of hydrogen-bond acceptors (Lipinski definition) is 3. The van der Waals surface area contributed by atoms with Gasteiger partial charge in [-0.25, -0.2) is 0 Å². The van der Waals surface area contributed by atoms with Gasteiger partial charge in [0, 0.05) is 24.7 Å². The van der Waals surface area contributed by atoms with Crippen LogP contribution in [0.1, 0.15) is 30.0 Å². The fourth-order valence-corrected chi connectivity index (χ4v) is 2.21. The van der Waals surface area contributed by atoms with E-state index < -0.39 is 6.10 Å². The number of para-hydroxylation sites is 1. The highest BCUT2D eigenvalue weighted by Gasteiger charge is 2.15. The minimum atomic E-state index is -0.586. The third kappa shape index (κ3) is 3.15. The Kier molecular flexibility index (Phi) is 4.22. The van der Waals surface area contributed by atoms with Crippen molar-refractivity contribution in [3.8, 4) is 5.75 Å². The summed E-state index contributed by atoms with van der Waals surface area (Å²) >= 11 is 0. The Balaban J connectivity index is 2.20. The van der Waals surface area contributed by atoms with Crippen LogP contribution in [-0.4, -0.2) is 21.5 Å². The Morgan fingerprint density at radius 3 is 2.74 bits per heavy atom. The van der Waals surface area contributed by atoms with E-state index in [1.165, 1.54) is 0 Å². The van der Waals surface area contributed by atoms with Gasteiger partial charge in [-0.05, 0) is 26.0 Å². The molecule has 4 heteroatoms. The van der Waals surface area contributed by atoms with Gasteiger partial charge in [-0.1, -0.05) is 18.2 Å². The van der Waals surface area contributed by atoms with Crippen molar-refractivity contribution in [1.82, 2.24) is 9.78 Å². The van der Waals surface area contributed by atoms with Crippen LogP contribution in [0, 0.1) is 6.92 Å². The smallest absolute Gasteiger partial charge is 0.125 e. The summed E-state index contributed by atoms with van der Waals surface area (Å²) in [5.74, 6) is 0.747. The zero-order valence-corrected chi connectivity index (χ0v) is 11.6. The molecule has 1 N–H and O–H groups in total. The average Bonchev–Trinajstić information content (AvgIpc) is 2.69. The fraction of sp³-hybridized carbons (Fsp3) is 0.400. The first-order chi connectivity index (χ1) is 9.11. The molecule has 1 aromatic carbocycles. The molecule has 2 rings (SSSR count). The van der Waals surface area contributed by atoms with Gasteiger partial charge in [0.1, 0.15) is 5.75 Å². The van der Waals surface area contributed by atoms with E-state index in [1.54, 1.807) is 0 Å². The number of aromatic nitrogens is 2. The molecule has 0 saturated carbocycles. The van der Waals surface area contributed by atoms with E-state index >= 15 is 0 Å². The zero-order chi connectivity index (χ0) is 13.8. The van der Waals surface area contributed by atoms with Gasteiger partial charge in [-0.3, -0.25) is 4.68 Å². The summed E-state index contributed by atoms with van der Waals surface area (Å²) in [7, 11) is 1.89. The van der Waals surface area contributed by atoms with Crippen molar-refractivity contribution in [1.29, 1.82) is 0 Å². The van der Waals surface area contributed by atoms with Gasteiger partial charge in [0.25, 0.3) is 0 Å². The first-order valence-corrected chi connectivity index (χ1v) is 6.51. The van der Waals surface area contributed by atoms with E-state index in [0.29, 0.717) is 13.0 Å². The van der Waals surface area contributed by atoms with Crippen molar-refractivity contribution in [2.75, 3.05) is 6.61 Å². The normalized spacial score (nSPS) is 12.4. The summed E-state index contributed by atoms with van der Waals surface area (Å²) in [6.45, 7) is 4.48. The number of benzene rings is 1. The predicted molar refractivity (Wildman–Crippen MR) is 74.2 cm³/mol. The van der Waals surface area contributed by atoms with E-state index in [1.807, 2.05) is 55.9 Å². The number of rotatable bonds is 5. The molecule has 0 aliphatic carbocycles.